The lowest BCUT2D eigenvalue weighted by Gasteiger charge is -2.45. The van der Waals surface area contributed by atoms with Gasteiger partial charge >= 0.3 is 0 Å². The van der Waals surface area contributed by atoms with Gasteiger partial charge in [0, 0.05) is 0 Å². The van der Waals surface area contributed by atoms with Crippen LogP contribution >= 0.6 is 0 Å². The van der Waals surface area contributed by atoms with Crippen molar-refractivity contribution < 1.29 is 28.4 Å². The molecule has 1 heterocycles. The zero-order valence-electron chi connectivity index (χ0n) is 24.4. The highest BCUT2D eigenvalue weighted by molar-refractivity contribution is 5.16. The average Bonchev–Trinajstić information content (AvgIpc) is 3.07. The Morgan fingerprint density at radius 3 is 1.40 bits per heavy atom. The van der Waals surface area contributed by atoms with Gasteiger partial charge in [-0.15, -0.1) is 6.58 Å². The second-order valence-electron chi connectivity index (χ2n) is 10.4. The minimum atomic E-state index is -0.718. The van der Waals surface area contributed by atoms with Crippen molar-refractivity contribution in [3.8, 4) is 0 Å². The number of hydrogen-bond acceptors (Lipinski definition) is 6. The molecule has 0 saturated carbocycles. The van der Waals surface area contributed by atoms with E-state index in [9.17, 15) is 0 Å². The third-order valence-electron chi connectivity index (χ3n) is 7.22. The number of hydrogen-bond donors (Lipinski definition) is 0. The predicted molar refractivity (Wildman–Crippen MR) is 166 cm³/mol. The standard InChI is InChI=1S/C37H40O6/c1-2-23-39-37-36(42-27-32-21-13-6-14-22-32)35(41-26-31-19-11-5-12-20-31)34(40-25-30-17-9-4-10-18-30)33(43-37)28-38-24-29-15-7-3-8-16-29/h2-22,33-37H,1,23-28H2/t33-,34-,35+,36+,37-/m1/s1. The van der Waals surface area contributed by atoms with Crippen molar-refractivity contribution in [1.29, 1.82) is 0 Å². The SMILES string of the molecule is C=CCO[C@@H]1O[C@H](COCc2ccccc2)[C@@H](OCc2ccccc2)[C@H](OCc2ccccc2)[C@@H]1OCc1ccccc1. The molecule has 0 aromatic heterocycles. The Labute approximate surface area is 254 Å². The summed E-state index contributed by atoms with van der Waals surface area (Å²) < 4.78 is 38.8. The van der Waals surface area contributed by atoms with Crippen LogP contribution < -0.4 is 0 Å². The number of rotatable bonds is 16. The van der Waals surface area contributed by atoms with E-state index in [4.69, 9.17) is 28.4 Å². The van der Waals surface area contributed by atoms with Crippen molar-refractivity contribution in [3.05, 3.63) is 156 Å². The van der Waals surface area contributed by atoms with E-state index in [2.05, 4.69) is 6.58 Å². The molecule has 1 fully saturated rings. The summed E-state index contributed by atoms with van der Waals surface area (Å²) in [7, 11) is 0. The van der Waals surface area contributed by atoms with Crippen molar-refractivity contribution >= 4 is 0 Å². The number of benzene rings is 4. The monoisotopic (exact) mass is 580 g/mol. The molecular formula is C37H40O6. The molecule has 5 rings (SSSR count). The van der Waals surface area contributed by atoms with Gasteiger partial charge in [0.2, 0.25) is 0 Å². The molecule has 0 aliphatic carbocycles. The average molecular weight is 581 g/mol. The summed E-state index contributed by atoms with van der Waals surface area (Å²) >= 11 is 0. The van der Waals surface area contributed by atoms with Crippen LogP contribution in [0, 0.1) is 0 Å². The molecule has 1 aliphatic rings. The lowest BCUT2D eigenvalue weighted by Crippen LogP contribution is -2.61. The summed E-state index contributed by atoms with van der Waals surface area (Å²) in [4.78, 5) is 0. The maximum Gasteiger partial charge on any atom is 0.187 e. The highest BCUT2D eigenvalue weighted by Crippen LogP contribution is 2.31. The second kappa shape index (κ2) is 16.9. The predicted octanol–water partition coefficient (Wildman–Crippen LogP) is 6.89. The first kappa shape index (κ1) is 30.8. The van der Waals surface area contributed by atoms with Gasteiger partial charge in [-0.05, 0) is 22.3 Å². The van der Waals surface area contributed by atoms with Crippen LogP contribution in [0.2, 0.25) is 0 Å². The Morgan fingerprint density at radius 1 is 0.512 bits per heavy atom. The zero-order chi connectivity index (χ0) is 29.5. The van der Waals surface area contributed by atoms with E-state index in [0.29, 0.717) is 39.6 Å². The second-order valence-corrected chi connectivity index (χ2v) is 10.4. The Morgan fingerprint density at radius 2 is 0.930 bits per heavy atom. The smallest absolute Gasteiger partial charge is 0.187 e. The third kappa shape index (κ3) is 9.43. The summed E-state index contributed by atoms with van der Waals surface area (Å²) in [5.41, 5.74) is 4.24. The fourth-order valence-corrected chi connectivity index (χ4v) is 5.04. The van der Waals surface area contributed by atoms with E-state index in [1.807, 2.05) is 121 Å². The molecule has 5 atom stereocenters. The maximum absolute atomic E-state index is 6.68. The molecule has 6 nitrogen and oxygen atoms in total. The fraction of sp³-hybridized carbons (Fsp3) is 0.297. The number of ether oxygens (including phenoxy) is 6. The fourth-order valence-electron chi connectivity index (χ4n) is 5.04. The topological polar surface area (TPSA) is 55.4 Å². The first-order valence-corrected chi connectivity index (χ1v) is 14.8. The van der Waals surface area contributed by atoms with E-state index in [-0.39, 0.29) is 0 Å². The van der Waals surface area contributed by atoms with Crippen LogP contribution in [0.3, 0.4) is 0 Å². The zero-order valence-corrected chi connectivity index (χ0v) is 24.4. The van der Waals surface area contributed by atoms with Gasteiger partial charge in [0.25, 0.3) is 0 Å². The van der Waals surface area contributed by atoms with E-state index in [1.165, 1.54) is 0 Å². The van der Waals surface area contributed by atoms with Crippen LogP contribution in [-0.2, 0) is 54.8 Å². The lowest BCUT2D eigenvalue weighted by atomic mass is 9.97. The van der Waals surface area contributed by atoms with Gasteiger partial charge in [-0.2, -0.15) is 0 Å². The summed E-state index contributed by atoms with van der Waals surface area (Å²) in [5, 5.41) is 0. The molecule has 6 heteroatoms. The van der Waals surface area contributed by atoms with Gasteiger partial charge in [-0.25, -0.2) is 0 Å². The van der Waals surface area contributed by atoms with Crippen LogP contribution in [-0.4, -0.2) is 43.9 Å². The summed E-state index contributed by atoms with van der Waals surface area (Å²) in [6.07, 6.45) is -1.07. The van der Waals surface area contributed by atoms with Gasteiger partial charge in [-0.3, -0.25) is 0 Å². The van der Waals surface area contributed by atoms with Crippen LogP contribution in [0.1, 0.15) is 22.3 Å². The molecule has 4 aromatic carbocycles. The maximum atomic E-state index is 6.68. The van der Waals surface area contributed by atoms with Gasteiger partial charge in [0.05, 0.1) is 39.6 Å². The molecule has 0 N–H and O–H groups in total. The van der Waals surface area contributed by atoms with Crippen LogP contribution in [0.15, 0.2) is 134 Å². The summed E-state index contributed by atoms with van der Waals surface area (Å²) in [6, 6.07) is 40.3. The van der Waals surface area contributed by atoms with Crippen molar-refractivity contribution in [3.63, 3.8) is 0 Å². The molecule has 43 heavy (non-hydrogen) atoms. The normalized spacial score (nSPS) is 21.8. The van der Waals surface area contributed by atoms with E-state index >= 15 is 0 Å². The van der Waals surface area contributed by atoms with Crippen molar-refractivity contribution in [2.45, 2.75) is 57.1 Å². The lowest BCUT2D eigenvalue weighted by molar-refractivity contribution is -0.326. The molecule has 0 unspecified atom stereocenters. The molecule has 224 valence electrons. The summed E-state index contributed by atoms with van der Waals surface area (Å²) in [5.74, 6) is 0. The van der Waals surface area contributed by atoms with Gasteiger partial charge in [0.1, 0.15) is 24.4 Å². The molecule has 0 amide bonds. The molecule has 0 radical (unpaired) electrons. The van der Waals surface area contributed by atoms with Crippen molar-refractivity contribution in [1.82, 2.24) is 0 Å². The molecule has 0 bridgehead atoms. The molecule has 0 spiro atoms. The highest BCUT2D eigenvalue weighted by Gasteiger charge is 2.49. The first-order valence-electron chi connectivity index (χ1n) is 14.8. The van der Waals surface area contributed by atoms with Crippen LogP contribution in [0.5, 0.6) is 0 Å². The van der Waals surface area contributed by atoms with Gasteiger partial charge in [0.15, 0.2) is 6.29 Å². The molecule has 4 aromatic rings. The molecular weight excluding hydrogens is 540 g/mol. The minimum absolute atomic E-state index is 0.291. The van der Waals surface area contributed by atoms with E-state index in [0.717, 1.165) is 22.3 Å². The van der Waals surface area contributed by atoms with Crippen molar-refractivity contribution in [2.24, 2.45) is 0 Å². The van der Waals surface area contributed by atoms with E-state index in [1.54, 1.807) is 6.08 Å². The largest absolute Gasteiger partial charge is 0.374 e. The first-order chi connectivity index (χ1) is 21.3. The molecule has 1 aliphatic heterocycles. The Bertz CT molecular complexity index is 1320. The highest BCUT2D eigenvalue weighted by atomic mass is 16.7. The Kier molecular flexibility index (Phi) is 12.1. The van der Waals surface area contributed by atoms with Gasteiger partial charge in [-0.1, -0.05) is 127 Å². The quantitative estimate of drug-likeness (QED) is 0.135. The Hall–Kier alpha value is -3.62. The van der Waals surface area contributed by atoms with E-state index < -0.39 is 30.7 Å². The minimum Gasteiger partial charge on any atom is -0.374 e. The van der Waals surface area contributed by atoms with Gasteiger partial charge < -0.3 is 28.4 Å². The Balaban J connectivity index is 1.41. The van der Waals surface area contributed by atoms with Crippen LogP contribution in [0.4, 0.5) is 0 Å². The molecule has 1 saturated heterocycles. The third-order valence-corrected chi connectivity index (χ3v) is 7.22. The summed E-state index contributed by atoms with van der Waals surface area (Å²) in [6.45, 7) is 6.02. The van der Waals surface area contributed by atoms with Crippen LogP contribution in [0.25, 0.3) is 0 Å². The van der Waals surface area contributed by atoms with Crippen molar-refractivity contribution in [2.75, 3.05) is 13.2 Å².